The maximum absolute atomic E-state index is 11.5. The van der Waals surface area contributed by atoms with Crippen LogP contribution in [0.4, 0.5) is 0 Å². The largest absolute Gasteiger partial charge is 0.465 e. The minimum atomic E-state index is -0.573. The fourth-order valence-electron chi connectivity index (χ4n) is 1.06. The minimum Gasteiger partial charge on any atom is -0.465 e. The third-order valence-electron chi connectivity index (χ3n) is 1.84. The number of ether oxygens (including phenoxy) is 2. The van der Waals surface area contributed by atoms with E-state index in [4.69, 9.17) is 0 Å². The molecule has 0 aliphatic heterocycles. The van der Waals surface area contributed by atoms with Crippen molar-refractivity contribution < 1.29 is 19.1 Å². The molecule has 0 saturated heterocycles. The summed E-state index contributed by atoms with van der Waals surface area (Å²) in [7, 11) is 2.52. The molecule has 0 aliphatic rings. The predicted octanol–water partition coefficient (Wildman–Crippen LogP) is 1.78. The van der Waals surface area contributed by atoms with Gasteiger partial charge in [-0.05, 0) is 19.9 Å². The monoisotopic (exact) mass is 224 g/mol. The molecule has 0 fully saturated rings. The molecule has 0 aromatic carbocycles. The van der Waals surface area contributed by atoms with Gasteiger partial charge in [0.05, 0.1) is 25.4 Å². The summed E-state index contributed by atoms with van der Waals surface area (Å²) in [4.78, 5) is 22.9. The van der Waals surface area contributed by atoms with Crippen LogP contribution >= 0.6 is 0 Å². The van der Waals surface area contributed by atoms with Gasteiger partial charge >= 0.3 is 11.9 Å². The van der Waals surface area contributed by atoms with Gasteiger partial charge in [-0.25, -0.2) is 9.59 Å². The van der Waals surface area contributed by atoms with Crippen molar-refractivity contribution in [1.29, 1.82) is 0 Å². The van der Waals surface area contributed by atoms with E-state index in [2.05, 4.69) is 9.47 Å². The number of hydrogen-bond donors (Lipinski definition) is 0. The number of carbonyl (C=O) groups excluding carboxylic acids is 2. The third-order valence-corrected chi connectivity index (χ3v) is 1.84. The van der Waals surface area contributed by atoms with Gasteiger partial charge in [-0.2, -0.15) is 0 Å². The molecule has 4 heteroatoms. The van der Waals surface area contributed by atoms with Crippen molar-refractivity contribution in [2.75, 3.05) is 14.2 Å². The number of esters is 2. The second kappa shape index (κ2) is 7.45. The van der Waals surface area contributed by atoms with E-state index in [1.54, 1.807) is 26.0 Å². The van der Waals surface area contributed by atoms with Gasteiger partial charge < -0.3 is 9.47 Å². The highest BCUT2D eigenvalue weighted by atomic mass is 16.5. The van der Waals surface area contributed by atoms with Gasteiger partial charge in [0.1, 0.15) is 0 Å². The maximum atomic E-state index is 11.5. The number of rotatable bonds is 4. The zero-order valence-corrected chi connectivity index (χ0v) is 9.94. The molecule has 0 bridgehead atoms. The van der Waals surface area contributed by atoms with Crippen LogP contribution in [0.3, 0.4) is 0 Å². The van der Waals surface area contributed by atoms with Crippen molar-refractivity contribution in [3.8, 4) is 0 Å². The van der Waals surface area contributed by atoms with Gasteiger partial charge in [0.2, 0.25) is 0 Å². The van der Waals surface area contributed by atoms with Crippen molar-refractivity contribution in [2.45, 2.75) is 13.8 Å². The van der Waals surface area contributed by atoms with Gasteiger partial charge in [-0.15, -0.1) is 0 Å². The van der Waals surface area contributed by atoms with E-state index in [1.165, 1.54) is 26.4 Å². The molecule has 0 rings (SSSR count). The standard InChI is InChI=1S/C12H16O4/c1-5-7-8-10(12(14)16-4)9(6-2)11(13)15-3/h5-8H,1-4H3/b7-5-,9-6?,10-8+. The first kappa shape index (κ1) is 14.2. The highest BCUT2D eigenvalue weighted by Crippen LogP contribution is 2.13. The molecule has 0 unspecified atom stereocenters. The van der Waals surface area contributed by atoms with Crippen LogP contribution in [0.2, 0.25) is 0 Å². The van der Waals surface area contributed by atoms with Crippen LogP contribution in [0.25, 0.3) is 0 Å². The Morgan fingerprint density at radius 1 is 0.938 bits per heavy atom. The normalized spacial score (nSPS) is 12.8. The molecular weight excluding hydrogens is 208 g/mol. The first-order valence-electron chi connectivity index (χ1n) is 4.78. The quantitative estimate of drug-likeness (QED) is 0.415. The topological polar surface area (TPSA) is 52.6 Å². The summed E-state index contributed by atoms with van der Waals surface area (Å²) >= 11 is 0. The van der Waals surface area contributed by atoms with Crippen molar-refractivity contribution in [1.82, 2.24) is 0 Å². The van der Waals surface area contributed by atoms with Crippen molar-refractivity contribution in [3.63, 3.8) is 0 Å². The van der Waals surface area contributed by atoms with E-state index in [9.17, 15) is 9.59 Å². The van der Waals surface area contributed by atoms with E-state index < -0.39 is 11.9 Å². The average molecular weight is 224 g/mol. The SMILES string of the molecule is CC=C(C(=O)OC)/C(=C\C=C/C)C(=O)OC. The van der Waals surface area contributed by atoms with Crippen molar-refractivity contribution in [2.24, 2.45) is 0 Å². The first-order chi connectivity index (χ1) is 7.62. The van der Waals surface area contributed by atoms with Crippen LogP contribution in [-0.2, 0) is 19.1 Å². The second-order valence-electron chi connectivity index (χ2n) is 2.79. The molecule has 0 saturated carbocycles. The van der Waals surface area contributed by atoms with Gasteiger partial charge in [0.15, 0.2) is 0 Å². The Hall–Kier alpha value is -1.84. The van der Waals surface area contributed by atoms with Gasteiger partial charge in [-0.3, -0.25) is 0 Å². The zero-order chi connectivity index (χ0) is 12.6. The minimum absolute atomic E-state index is 0.176. The second-order valence-corrected chi connectivity index (χ2v) is 2.79. The Labute approximate surface area is 95.2 Å². The smallest absolute Gasteiger partial charge is 0.338 e. The summed E-state index contributed by atoms with van der Waals surface area (Å²) in [6.07, 6.45) is 6.42. The number of hydrogen-bond acceptors (Lipinski definition) is 4. The molecule has 0 aromatic heterocycles. The highest BCUT2D eigenvalue weighted by Gasteiger charge is 2.20. The fraction of sp³-hybridized carbons (Fsp3) is 0.333. The van der Waals surface area contributed by atoms with Crippen LogP contribution in [0, 0.1) is 0 Å². The molecule has 0 aromatic rings. The van der Waals surface area contributed by atoms with E-state index in [1.807, 2.05) is 0 Å². The van der Waals surface area contributed by atoms with Crippen molar-refractivity contribution in [3.05, 3.63) is 35.5 Å². The molecule has 0 N–H and O–H groups in total. The van der Waals surface area contributed by atoms with Crippen LogP contribution in [-0.4, -0.2) is 26.2 Å². The van der Waals surface area contributed by atoms with Crippen LogP contribution < -0.4 is 0 Å². The lowest BCUT2D eigenvalue weighted by atomic mass is 10.1. The van der Waals surface area contributed by atoms with E-state index >= 15 is 0 Å². The Kier molecular flexibility index (Phi) is 6.59. The molecule has 4 nitrogen and oxygen atoms in total. The lowest BCUT2D eigenvalue weighted by molar-refractivity contribution is -0.139. The summed E-state index contributed by atoms with van der Waals surface area (Å²) in [5.74, 6) is -1.14. The summed E-state index contributed by atoms with van der Waals surface area (Å²) in [6, 6.07) is 0. The van der Waals surface area contributed by atoms with E-state index in [-0.39, 0.29) is 11.1 Å². The van der Waals surface area contributed by atoms with Gasteiger partial charge in [-0.1, -0.05) is 18.2 Å². The lowest BCUT2D eigenvalue weighted by Crippen LogP contribution is -2.14. The van der Waals surface area contributed by atoms with E-state index in [0.717, 1.165) is 0 Å². The van der Waals surface area contributed by atoms with Crippen LogP contribution in [0.1, 0.15) is 13.8 Å². The molecular formula is C12H16O4. The number of carbonyl (C=O) groups is 2. The molecule has 0 radical (unpaired) electrons. The summed E-state index contributed by atoms with van der Waals surface area (Å²) in [6.45, 7) is 3.46. The third kappa shape index (κ3) is 3.73. The molecule has 0 atom stereocenters. The summed E-state index contributed by atoms with van der Waals surface area (Å²) in [5.41, 5.74) is 0.363. The fourth-order valence-corrected chi connectivity index (χ4v) is 1.06. The molecule has 0 amide bonds. The Balaban J connectivity index is 5.33. The van der Waals surface area contributed by atoms with Gasteiger partial charge in [0, 0.05) is 0 Å². The Morgan fingerprint density at radius 3 is 1.81 bits per heavy atom. The van der Waals surface area contributed by atoms with Crippen molar-refractivity contribution >= 4 is 11.9 Å². The molecule has 0 heterocycles. The van der Waals surface area contributed by atoms with Crippen LogP contribution in [0.5, 0.6) is 0 Å². The zero-order valence-electron chi connectivity index (χ0n) is 9.94. The maximum Gasteiger partial charge on any atom is 0.338 e. The highest BCUT2D eigenvalue weighted by molar-refractivity contribution is 6.07. The molecule has 0 spiro atoms. The van der Waals surface area contributed by atoms with E-state index in [0.29, 0.717) is 0 Å². The number of allylic oxidation sites excluding steroid dienone is 4. The summed E-state index contributed by atoms with van der Waals surface area (Å²) in [5, 5.41) is 0. The predicted molar refractivity (Wildman–Crippen MR) is 60.7 cm³/mol. The molecule has 0 aliphatic carbocycles. The number of methoxy groups -OCH3 is 2. The molecule has 16 heavy (non-hydrogen) atoms. The Bertz CT molecular complexity index is 348. The van der Waals surface area contributed by atoms with Gasteiger partial charge in [0.25, 0.3) is 0 Å². The van der Waals surface area contributed by atoms with Crippen LogP contribution in [0.15, 0.2) is 35.5 Å². The average Bonchev–Trinajstić information content (AvgIpc) is 2.32. The molecule has 88 valence electrons. The Morgan fingerprint density at radius 2 is 1.44 bits per heavy atom. The first-order valence-corrected chi connectivity index (χ1v) is 4.78. The summed E-state index contributed by atoms with van der Waals surface area (Å²) < 4.78 is 9.18. The lowest BCUT2D eigenvalue weighted by Gasteiger charge is -2.07.